The first-order valence-electron chi connectivity index (χ1n) is 6.67. The Kier molecular flexibility index (Phi) is 4.95. The van der Waals surface area contributed by atoms with Crippen LogP contribution in [0.25, 0.3) is 0 Å². The molecule has 0 saturated carbocycles. The Labute approximate surface area is 120 Å². The zero-order valence-electron chi connectivity index (χ0n) is 12.8. The summed E-state index contributed by atoms with van der Waals surface area (Å²) in [4.78, 5) is 11.1. The van der Waals surface area contributed by atoms with E-state index in [4.69, 9.17) is 0 Å². The van der Waals surface area contributed by atoms with Gasteiger partial charge in [-0.2, -0.15) is 0 Å². The van der Waals surface area contributed by atoms with Crippen molar-refractivity contribution in [3.8, 4) is 0 Å². The van der Waals surface area contributed by atoms with E-state index in [0.29, 0.717) is 17.6 Å². The van der Waals surface area contributed by atoms with Gasteiger partial charge in [0.2, 0.25) is 0 Å². The van der Waals surface area contributed by atoms with E-state index in [1.165, 1.54) is 13.2 Å². The highest BCUT2D eigenvalue weighted by molar-refractivity contribution is 5.83. The summed E-state index contributed by atoms with van der Waals surface area (Å²) in [5.74, 6) is -0.426. The number of allylic oxidation sites excluding steroid dienone is 2. The first kappa shape index (κ1) is 16.7. The number of rotatable bonds is 3. The van der Waals surface area contributed by atoms with Gasteiger partial charge in [-0.15, -0.1) is 0 Å². The first-order valence-corrected chi connectivity index (χ1v) is 6.67. The van der Waals surface area contributed by atoms with Gasteiger partial charge in [0.1, 0.15) is 5.60 Å². The molecule has 1 rings (SSSR count). The van der Waals surface area contributed by atoms with E-state index in [1.807, 2.05) is 13.8 Å². The summed E-state index contributed by atoms with van der Waals surface area (Å²) in [7, 11) is 1.32. The Morgan fingerprint density at radius 2 is 2.10 bits per heavy atom. The van der Waals surface area contributed by atoms with Crippen LogP contribution in [0.5, 0.6) is 0 Å². The van der Waals surface area contributed by atoms with E-state index in [-0.39, 0.29) is 0 Å². The summed E-state index contributed by atoms with van der Waals surface area (Å²) < 4.78 is 4.56. The van der Waals surface area contributed by atoms with Crippen molar-refractivity contribution in [3.05, 3.63) is 35.5 Å². The summed E-state index contributed by atoms with van der Waals surface area (Å²) >= 11 is 0. The molecule has 1 aliphatic carbocycles. The Bertz CT molecular complexity index is 471. The molecule has 0 aliphatic heterocycles. The van der Waals surface area contributed by atoms with Gasteiger partial charge < -0.3 is 14.9 Å². The molecule has 4 nitrogen and oxygen atoms in total. The van der Waals surface area contributed by atoms with E-state index in [1.54, 1.807) is 32.1 Å². The van der Waals surface area contributed by atoms with Crippen LogP contribution in [0.4, 0.5) is 0 Å². The number of ether oxygens (including phenoxy) is 1. The molecule has 0 fully saturated rings. The van der Waals surface area contributed by atoms with Crippen LogP contribution in [-0.2, 0) is 9.53 Å². The lowest BCUT2D eigenvalue weighted by Gasteiger charge is -2.46. The number of methoxy groups -OCH3 is 1. The van der Waals surface area contributed by atoms with E-state index >= 15 is 0 Å². The maximum atomic E-state index is 11.1. The largest absolute Gasteiger partial charge is 0.466 e. The summed E-state index contributed by atoms with van der Waals surface area (Å²) in [5, 5.41) is 20.7. The fraction of sp³-hybridized carbons (Fsp3) is 0.562. The molecule has 4 heteroatoms. The monoisotopic (exact) mass is 280 g/mol. The lowest BCUT2D eigenvalue weighted by molar-refractivity contribution is -0.134. The molecule has 2 N–H and O–H groups in total. The van der Waals surface area contributed by atoms with Gasteiger partial charge in [0.15, 0.2) is 0 Å². The minimum absolute atomic E-state index is 0.426. The SMILES string of the molecule is COC(=O)/C=C(C)\C=C\[C@@]1(O)C(C)=C[C@H](O)CC1(C)C. The molecule has 0 aromatic carbocycles. The molecule has 0 saturated heterocycles. The van der Waals surface area contributed by atoms with Crippen molar-refractivity contribution in [1.82, 2.24) is 0 Å². The van der Waals surface area contributed by atoms with Crippen molar-refractivity contribution in [2.24, 2.45) is 5.41 Å². The van der Waals surface area contributed by atoms with Crippen LogP contribution in [0.3, 0.4) is 0 Å². The zero-order chi connectivity index (χ0) is 15.6. The van der Waals surface area contributed by atoms with E-state index in [9.17, 15) is 15.0 Å². The molecular formula is C16H24O4. The number of aliphatic hydroxyl groups is 2. The maximum Gasteiger partial charge on any atom is 0.330 e. The zero-order valence-corrected chi connectivity index (χ0v) is 12.8. The van der Waals surface area contributed by atoms with Gasteiger partial charge in [-0.05, 0) is 37.5 Å². The lowest BCUT2D eigenvalue weighted by atomic mass is 9.64. The second-order valence-corrected chi connectivity index (χ2v) is 6.02. The van der Waals surface area contributed by atoms with Crippen LogP contribution in [0.1, 0.15) is 34.1 Å². The van der Waals surface area contributed by atoms with Crippen LogP contribution in [0, 0.1) is 5.41 Å². The molecular weight excluding hydrogens is 256 g/mol. The minimum Gasteiger partial charge on any atom is -0.466 e. The van der Waals surface area contributed by atoms with Crippen LogP contribution < -0.4 is 0 Å². The van der Waals surface area contributed by atoms with Crippen LogP contribution in [0.2, 0.25) is 0 Å². The first-order chi connectivity index (χ1) is 9.12. The molecule has 112 valence electrons. The third kappa shape index (κ3) is 3.38. The summed E-state index contributed by atoms with van der Waals surface area (Å²) in [6, 6.07) is 0. The van der Waals surface area contributed by atoms with Crippen molar-refractivity contribution in [2.75, 3.05) is 7.11 Å². The number of carbonyl (C=O) groups is 1. The second kappa shape index (κ2) is 5.94. The van der Waals surface area contributed by atoms with Crippen molar-refractivity contribution in [2.45, 2.75) is 45.8 Å². The molecule has 20 heavy (non-hydrogen) atoms. The highest BCUT2D eigenvalue weighted by Crippen LogP contribution is 2.45. The van der Waals surface area contributed by atoms with Crippen LogP contribution >= 0.6 is 0 Å². The van der Waals surface area contributed by atoms with Crippen molar-refractivity contribution >= 4 is 5.97 Å². The minimum atomic E-state index is -1.14. The molecule has 0 spiro atoms. The molecule has 0 radical (unpaired) electrons. The summed E-state index contributed by atoms with van der Waals surface area (Å²) in [5.41, 5.74) is -0.228. The number of hydrogen-bond donors (Lipinski definition) is 2. The number of carbonyl (C=O) groups excluding carboxylic acids is 1. The maximum absolute atomic E-state index is 11.1. The Morgan fingerprint density at radius 3 is 2.60 bits per heavy atom. The van der Waals surface area contributed by atoms with Gasteiger partial charge in [-0.25, -0.2) is 4.79 Å². The third-order valence-electron chi connectivity index (χ3n) is 3.93. The fourth-order valence-corrected chi connectivity index (χ4v) is 2.59. The van der Waals surface area contributed by atoms with Gasteiger partial charge in [-0.3, -0.25) is 0 Å². The smallest absolute Gasteiger partial charge is 0.330 e. The molecule has 0 bridgehead atoms. The molecule has 0 aromatic heterocycles. The van der Waals surface area contributed by atoms with Gasteiger partial charge >= 0.3 is 5.97 Å². The quantitative estimate of drug-likeness (QED) is 0.360. The third-order valence-corrected chi connectivity index (χ3v) is 3.93. The van der Waals surface area contributed by atoms with Crippen molar-refractivity contribution < 1.29 is 19.7 Å². The van der Waals surface area contributed by atoms with Crippen molar-refractivity contribution in [1.29, 1.82) is 0 Å². The summed E-state index contributed by atoms with van der Waals surface area (Å²) in [6.45, 7) is 7.39. The Balaban J connectivity index is 3.07. The van der Waals surface area contributed by atoms with Gasteiger partial charge in [0, 0.05) is 11.5 Å². The van der Waals surface area contributed by atoms with E-state index in [2.05, 4.69) is 4.74 Å². The van der Waals surface area contributed by atoms with E-state index < -0.39 is 23.1 Å². The summed E-state index contributed by atoms with van der Waals surface area (Å²) in [6.07, 6.45) is 6.36. The average molecular weight is 280 g/mol. The number of aliphatic hydroxyl groups excluding tert-OH is 1. The normalized spacial score (nSPS) is 30.2. The average Bonchev–Trinajstić information content (AvgIpc) is 2.32. The fourth-order valence-electron chi connectivity index (χ4n) is 2.59. The van der Waals surface area contributed by atoms with Gasteiger partial charge in [-0.1, -0.05) is 26.0 Å². The van der Waals surface area contributed by atoms with Crippen LogP contribution in [-0.4, -0.2) is 35.0 Å². The lowest BCUT2D eigenvalue weighted by Crippen LogP contribution is -2.48. The van der Waals surface area contributed by atoms with Gasteiger partial charge in [0.05, 0.1) is 13.2 Å². The van der Waals surface area contributed by atoms with E-state index in [0.717, 1.165) is 0 Å². The predicted octanol–water partition coefficient (Wildman–Crippen LogP) is 2.13. The van der Waals surface area contributed by atoms with Crippen molar-refractivity contribution in [3.63, 3.8) is 0 Å². The molecule has 0 unspecified atom stereocenters. The topological polar surface area (TPSA) is 66.8 Å². The molecule has 0 amide bonds. The Morgan fingerprint density at radius 1 is 1.50 bits per heavy atom. The van der Waals surface area contributed by atoms with Gasteiger partial charge in [0.25, 0.3) is 0 Å². The molecule has 1 aliphatic rings. The highest BCUT2D eigenvalue weighted by atomic mass is 16.5. The second-order valence-electron chi connectivity index (χ2n) is 6.02. The predicted molar refractivity (Wildman–Crippen MR) is 78.0 cm³/mol. The highest BCUT2D eigenvalue weighted by Gasteiger charge is 2.46. The van der Waals surface area contributed by atoms with Crippen LogP contribution in [0.15, 0.2) is 35.5 Å². The molecule has 0 aromatic rings. The standard InChI is InChI=1S/C16H24O4/c1-11(8-14(18)20-5)6-7-16(19)12(2)9-13(17)10-15(16,3)4/h6-9,13,17,19H,10H2,1-5H3/b7-6+,11-8-/t13-,16+/m0/s1. The molecule has 0 heterocycles. The molecule has 2 atom stereocenters. The number of esters is 1. The number of hydrogen-bond acceptors (Lipinski definition) is 4. The Hall–Kier alpha value is -1.39.